The van der Waals surface area contributed by atoms with Gasteiger partial charge >= 0.3 is 0 Å². The van der Waals surface area contributed by atoms with E-state index in [-0.39, 0.29) is 5.91 Å². The average molecular weight is 504 g/mol. The third kappa shape index (κ3) is 4.76. The van der Waals surface area contributed by atoms with E-state index in [9.17, 15) is 4.79 Å². The Hall–Kier alpha value is -3.36. The number of aliphatic imine (C=N–C) groups is 1. The normalized spacial score (nSPS) is 18.4. The van der Waals surface area contributed by atoms with E-state index in [1.807, 2.05) is 67.7 Å². The maximum Gasteiger partial charge on any atom is 0.269 e. The van der Waals surface area contributed by atoms with Crippen LogP contribution in [0, 0.1) is 0 Å². The average Bonchev–Trinajstić information content (AvgIpc) is 3.39. The molecule has 0 saturated carbocycles. The highest BCUT2D eigenvalue weighted by atomic mass is 32.2. The van der Waals surface area contributed by atoms with Crippen molar-refractivity contribution < 1.29 is 14.3 Å². The van der Waals surface area contributed by atoms with Crippen LogP contribution in [0.15, 0.2) is 92.6 Å². The summed E-state index contributed by atoms with van der Waals surface area (Å²) in [5.41, 5.74) is 2.99. The van der Waals surface area contributed by atoms with Gasteiger partial charge in [0.15, 0.2) is 5.17 Å². The molecule has 3 aromatic carbocycles. The number of carbonyl (C=O) groups is 1. The lowest BCUT2D eigenvalue weighted by atomic mass is 10.1. The first kappa shape index (κ1) is 23.4. The summed E-state index contributed by atoms with van der Waals surface area (Å²) < 4.78 is 10.7. The maximum absolute atomic E-state index is 13.7. The zero-order valence-electron chi connectivity index (χ0n) is 19.7. The van der Waals surface area contributed by atoms with Gasteiger partial charge in [-0.05, 0) is 60.1 Å². The van der Waals surface area contributed by atoms with Gasteiger partial charge in [-0.3, -0.25) is 9.69 Å². The highest BCUT2D eigenvalue weighted by molar-refractivity contribution is 8.19. The van der Waals surface area contributed by atoms with Gasteiger partial charge in [-0.2, -0.15) is 0 Å². The molecule has 0 atom stereocenters. The molecule has 0 aliphatic carbocycles. The molecule has 1 fully saturated rings. The van der Waals surface area contributed by atoms with Crippen molar-refractivity contribution in [1.29, 1.82) is 0 Å². The largest absolute Gasteiger partial charge is 0.497 e. The molecule has 3 aromatic rings. The number of amides is 1. The first-order chi connectivity index (χ1) is 17.1. The molecule has 35 heavy (non-hydrogen) atoms. The Bertz CT molecular complexity index is 1310. The summed E-state index contributed by atoms with van der Waals surface area (Å²) in [4.78, 5) is 24.2. The number of hydrogen-bond donors (Lipinski definition) is 0. The molecule has 1 saturated heterocycles. The fourth-order valence-electron chi connectivity index (χ4n) is 3.92. The lowest BCUT2D eigenvalue weighted by Gasteiger charge is -2.17. The Balaban J connectivity index is 1.49. The van der Waals surface area contributed by atoms with Crippen molar-refractivity contribution in [1.82, 2.24) is 4.90 Å². The fourth-order valence-corrected chi connectivity index (χ4v) is 6.27. The maximum atomic E-state index is 13.7. The van der Waals surface area contributed by atoms with Crippen molar-refractivity contribution in [2.75, 3.05) is 32.7 Å². The van der Waals surface area contributed by atoms with Crippen molar-refractivity contribution in [2.45, 2.75) is 11.3 Å². The molecule has 0 radical (unpaired) electrons. The number of hydrogen-bond acceptors (Lipinski definition) is 7. The molecule has 0 bridgehead atoms. The van der Waals surface area contributed by atoms with Gasteiger partial charge < -0.3 is 14.4 Å². The summed E-state index contributed by atoms with van der Waals surface area (Å²) in [6.45, 7) is 0.552. The van der Waals surface area contributed by atoms with Crippen LogP contribution in [0.1, 0.15) is 5.56 Å². The number of rotatable bonds is 6. The van der Waals surface area contributed by atoms with Crippen LogP contribution in [0.3, 0.4) is 0 Å². The van der Waals surface area contributed by atoms with Crippen molar-refractivity contribution in [3.05, 3.63) is 88.3 Å². The molecule has 0 spiro atoms. The highest BCUT2D eigenvalue weighted by Crippen LogP contribution is 2.51. The second-order valence-electron chi connectivity index (χ2n) is 8.02. The molecule has 5 rings (SSSR count). The van der Waals surface area contributed by atoms with Crippen molar-refractivity contribution >= 4 is 46.0 Å². The Labute approximate surface area is 213 Å². The molecule has 178 valence electrons. The zero-order chi connectivity index (χ0) is 24.4. The van der Waals surface area contributed by atoms with Gasteiger partial charge in [0.2, 0.25) is 0 Å². The Morgan fingerprint density at radius 2 is 1.60 bits per heavy atom. The van der Waals surface area contributed by atoms with Gasteiger partial charge in [0.25, 0.3) is 5.91 Å². The molecular formula is C27H25N3O3S2. The van der Waals surface area contributed by atoms with E-state index in [1.54, 1.807) is 30.9 Å². The van der Waals surface area contributed by atoms with E-state index in [2.05, 4.69) is 17.0 Å². The van der Waals surface area contributed by atoms with E-state index in [0.29, 0.717) is 16.6 Å². The van der Waals surface area contributed by atoms with Gasteiger partial charge in [-0.25, -0.2) is 4.99 Å². The van der Waals surface area contributed by atoms with E-state index in [0.717, 1.165) is 39.2 Å². The Kier molecular flexibility index (Phi) is 6.74. The van der Waals surface area contributed by atoms with Crippen LogP contribution in [-0.2, 0) is 11.2 Å². The van der Waals surface area contributed by atoms with Crippen LogP contribution in [0.2, 0.25) is 0 Å². The summed E-state index contributed by atoms with van der Waals surface area (Å²) in [6.07, 6.45) is 0.748. The first-order valence-electron chi connectivity index (χ1n) is 11.2. The van der Waals surface area contributed by atoms with Gasteiger partial charge in [0.05, 0.1) is 30.6 Å². The fraction of sp³-hybridized carbons (Fsp3) is 0.185. The van der Waals surface area contributed by atoms with Crippen molar-refractivity contribution in [2.24, 2.45) is 4.99 Å². The van der Waals surface area contributed by atoms with E-state index < -0.39 is 0 Å². The lowest BCUT2D eigenvalue weighted by Crippen LogP contribution is -2.31. The highest BCUT2D eigenvalue weighted by Gasteiger charge is 2.39. The number of nitrogens with zero attached hydrogens (tertiary/aromatic N) is 3. The minimum atomic E-state index is -0.0210. The second-order valence-corrected chi connectivity index (χ2v) is 10.0. The van der Waals surface area contributed by atoms with Crippen molar-refractivity contribution in [3.63, 3.8) is 0 Å². The Morgan fingerprint density at radius 1 is 0.886 bits per heavy atom. The van der Waals surface area contributed by atoms with Crippen LogP contribution in [-0.4, -0.2) is 43.8 Å². The molecule has 8 heteroatoms. The van der Waals surface area contributed by atoms with Crippen LogP contribution >= 0.6 is 23.5 Å². The predicted octanol–water partition coefficient (Wildman–Crippen LogP) is 5.92. The van der Waals surface area contributed by atoms with Gasteiger partial charge in [-0.15, -0.1) is 0 Å². The summed E-state index contributed by atoms with van der Waals surface area (Å²) in [6, 6.07) is 23.7. The standard InChI is InChI=1S/C27H25N3O3S2/c1-29-22-17-21(33-3)13-14-23(22)34-26(29)24-25(31)30(16-15-18-7-5-4-6-8-18)27(35-24)28-19-9-11-20(32-2)12-10-19/h4-14,17H,15-16H2,1-3H3. The quantitative estimate of drug-likeness (QED) is 0.389. The van der Waals surface area contributed by atoms with E-state index >= 15 is 0 Å². The van der Waals surface area contributed by atoms with Gasteiger partial charge in [-0.1, -0.05) is 42.1 Å². The molecule has 2 aliphatic rings. The number of anilines is 1. The number of carbonyl (C=O) groups excluding carboxylic acids is 1. The minimum absolute atomic E-state index is 0.0210. The van der Waals surface area contributed by atoms with Crippen molar-refractivity contribution in [3.8, 4) is 11.5 Å². The minimum Gasteiger partial charge on any atom is -0.497 e. The van der Waals surface area contributed by atoms with E-state index in [4.69, 9.17) is 14.5 Å². The van der Waals surface area contributed by atoms with E-state index in [1.165, 1.54) is 17.3 Å². The number of methoxy groups -OCH3 is 2. The molecule has 2 aliphatic heterocycles. The number of thioether (sulfide) groups is 2. The summed E-state index contributed by atoms with van der Waals surface area (Å²) in [7, 11) is 5.28. The summed E-state index contributed by atoms with van der Waals surface area (Å²) in [5.74, 6) is 1.54. The number of benzene rings is 3. The predicted molar refractivity (Wildman–Crippen MR) is 144 cm³/mol. The van der Waals surface area contributed by atoms with Crippen LogP contribution in [0.5, 0.6) is 11.5 Å². The molecule has 0 N–H and O–H groups in total. The number of amidine groups is 1. The number of ether oxygens (including phenoxy) is 2. The lowest BCUT2D eigenvalue weighted by molar-refractivity contribution is -0.122. The van der Waals surface area contributed by atoms with Gasteiger partial charge in [0, 0.05) is 24.6 Å². The Morgan fingerprint density at radius 3 is 2.31 bits per heavy atom. The molecule has 1 amide bonds. The summed E-state index contributed by atoms with van der Waals surface area (Å²) >= 11 is 3.03. The molecule has 0 unspecified atom stereocenters. The molecule has 6 nitrogen and oxygen atoms in total. The first-order valence-corrected chi connectivity index (χ1v) is 12.8. The third-order valence-electron chi connectivity index (χ3n) is 5.86. The molecular weight excluding hydrogens is 478 g/mol. The smallest absolute Gasteiger partial charge is 0.269 e. The zero-order valence-corrected chi connectivity index (χ0v) is 21.4. The summed E-state index contributed by atoms with van der Waals surface area (Å²) in [5, 5.41) is 1.59. The second kappa shape index (κ2) is 10.1. The topological polar surface area (TPSA) is 54.4 Å². The third-order valence-corrected chi connectivity index (χ3v) is 8.29. The molecule has 0 aromatic heterocycles. The van der Waals surface area contributed by atoms with Crippen LogP contribution < -0.4 is 14.4 Å². The SMILES string of the molecule is COc1ccc(N=C2SC(=C3Sc4ccc(OC)cc4N3C)C(=O)N2CCc2ccccc2)cc1. The van der Waals surface area contributed by atoms with Crippen LogP contribution in [0.25, 0.3) is 0 Å². The number of fused-ring (bicyclic) bond motifs is 1. The van der Waals surface area contributed by atoms with Gasteiger partial charge in [0.1, 0.15) is 16.4 Å². The molecule has 2 heterocycles. The monoisotopic (exact) mass is 503 g/mol. The van der Waals surface area contributed by atoms with Crippen LogP contribution in [0.4, 0.5) is 11.4 Å².